The fraction of sp³-hybridized carbons (Fsp3) is 0.552. The van der Waals surface area contributed by atoms with Crippen LogP contribution in [0.25, 0.3) is 11.0 Å². The lowest BCUT2D eigenvalue weighted by Gasteiger charge is -2.42. The number of rotatable bonds is 9. The van der Waals surface area contributed by atoms with Crippen LogP contribution in [0.5, 0.6) is 0 Å². The zero-order valence-electron chi connectivity index (χ0n) is 23.9. The number of likely N-dealkylation sites (tertiary alicyclic amines) is 2. The van der Waals surface area contributed by atoms with Gasteiger partial charge in [0.25, 0.3) is 11.8 Å². The highest BCUT2D eigenvalue weighted by Crippen LogP contribution is 2.32. The van der Waals surface area contributed by atoms with Gasteiger partial charge in [0.15, 0.2) is 0 Å². The Hall–Kier alpha value is -3.47. The first kappa shape index (κ1) is 31.5. The molecule has 2 amide bonds. The molecule has 1 aromatic carbocycles. The molecular formula is C29H37BF2N4O6. The molecule has 0 bridgehead atoms. The summed E-state index contributed by atoms with van der Waals surface area (Å²) >= 11 is 0. The lowest BCUT2D eigenvalue weighted by molar-refractivity contribution is -0.131. The topological polar surface area (TPSA) is 139 Å². The van der Waals surface area contributed by atoms with E-state index in [0.717, 1.165) is 11.8 Å². The highest BCUT2D eigenvalue weighted by Gasteiger charge is 2.41. The Morgan fingerprint density at radius 2 is 2.05 bits per heavy atom. The van der Waals surface area contributed by atoms with Gasteiger partial charge >= 0.3 is 13.2 Å². The van der Waals surface area contributed by atoms with E-state index in [4.69, 9.17) is 9.15 Å². The number of carbonyl (C=O) groups is 2. The number of nitrogens with one attached hydrogen (secondary N) is 1. The number of hydrogen-bond donors (Lipinski definition) is 3. The van der Waals surface area contributed by atoms with E-state index in [0.29, 0.717) is 43.5 Å². The van der Waals surface area contributed by atoms with E-state index in [1.165, 1.54) is 17.2 Å². The van der Waals surface area contributed by atoms with Crippen LogP contribution in [0.1, 0.15) is 51.5 Å². The predicted molar refractivity (Wildman–Crippen MR) is 151 cm³/mol. The second-order valence-corrected chi connectivity index (χ2v) is 11.6. The number of ether oxygens (including phenoxy) is 1. The minimum atomic E-state index is -2.83. The second-order valence-electron chi connectivity index (χ2n) is 11.6. The average Bonchev–Trinajstić information content (AvgIpc) is 3.36. The van der Waals surface area contributed by atoms with Crippen LogP contribution in [0, 0.1) is 11.3 Å². The van der Waals surface area contributed by atoms with Gasteiger partial charge in [-0.1, -0.05) is 18.2 Å². The first-order chi connectivity index (χ1) is 19.9. The molecule has 4 rings (SSSR count). The van der Waals surface area contributed by atoms with Crippen molar-refractivity contribution in [1.29, 1.82) is 5.26 Å². The van der Waals surface area contributed by atoms with Crippen LogP contribution in [-0.2, 0) is 16.0 Å². The van der Waals surface area contributed by atoms with Crippen molar-refractivity contribution in [2.45, 2.75) is 75.8 Å². The molecule has 1 aromatic heterocycles. The number of hydrogen-bond acceptors (Lipinski definition) is 8. The molecule has 2 saturated heterocycles. The summed E-state index contributed by atoms with van der Waals surface area (Å²) in [5.41, 5.74) is 0.208. The zero-order chi connectivity index (χ0) is 30.5. The van der Waals surface area contributed by atoms with Crippen LogP contribution in [0.4, 0.5) is 13.6 Å². The second kappa shape index (κ2) is 13.2. The number of carbonyl (C=O) groups excluding carboxylic acids is 2. The van der Waals surface area contributed by atoms with Gasteiger partial charge in [-0.05, 0) is 70.2 Å². The molecule has 2 aliphatic rings. The number of para-hydroxylation sites is 1. The lowest BCUT2D eigenvalue weighted by atomic mass is 9.76. The molecule has 3 N–H and O–H groups in total. The van der Waals surface area contributed by atoms with Crippen molar-refractivity contribution in [3.8, 4) is 6.07 Å². The van der Waals surface area contributed by atoms with Crippen molar-refractivity contribution >= 4 is 30.1 Å². The largest absolute Gasteiger partial charge is 0.475 e. The van der Waals surface area contributed by atoms with Crippen LogP contribution in [0.3, 0.4) is 0 Å². The van der Waals surface area contributed by atoms with Gasteiger partial charge in [-0.2, -0.15) is 5.26 Å². The number of furan rings is 1. The van der Waals surface area contributed by atoms with E-state index in [1.54, 1.807) is 24.8 Å². The fourth-order valence-corrected chi connectivity index (χ4v) is 5.66. The molecular weight excluding hydrogens is 549 g/mol. The van der Waals surface area contributed by atoms with Gasteiger partial charge in [0.1, 0.15) is 23.8 Å². The molecule has 42 heavy (non-hydrogen) atoms. The predicted octanol–water partition coefficient (Wildman–Crippen LogP) is 3.42. The highest BCUT2D eigenvalue weighted by atomic mass is 19.3. The number of benzene rings is 1. The number of nitrogens with zero attached hydrogens (tertiary/aromatic N) is 3. The number of nitriles is 1. The summed E-state index contributed by atoms with van der Waals surface area (Å²) in [7, 11) is -1.87. The summed E-state index contributed by atoms with van der Waals surface area (Å²) in [4.78, 5) is 29.2. The first-order valence-corrected chi connectivity index (χ1v) is 14.2. The van der Waals surface area contributed by atoms with Gasteiger partial charge in [0.2, 0.25) is 0 Å². The van der Waals surface area contributed by atoms with Gasteiger partial charge in [-0.25, -0.2) is 13.6 Å². The molecule has 0 radical (unpaired) electrons. The molecule has 0 aliphatic carbocycles. The van der Waals surface area contributed by atoms with Crippen LogP contribution in [-0.4, -0.2) is 88.7 Å². The maximum absolute atomic E-state index is 14.1. The minimum absolute atomic E-state index is 0.0763. The molecule has 2 aromatic rings. The van der Waals surface area contributed by atoms with Crippen molar-refractivity contribution in [2.24, 2.45) is 0 Å². The fourth-order valence-electron chi connectivity index (χ4n) is 5.66. The Bertz CT molecular complexity index is 1340. The Labute approximate surface area is 244 Å². The van der Waals surface area contributed by atoms with Crippen molar-refractivity contribution < 1.29 is 37.6 Å². The number of amides is 2. The van der Waals surface area contributed by atoms with Crippen LogP contribution < -0.4 is 5.32 Å². The molecule has 0 saturated carbocycles. The molecule has 13 heteroatoms. The monoisotopic (exact) mass is 586 g/mol. The third-order valence-electron chi connectivity index (χ3n) is 8.02. The Morgan fingerprint density at radius 3 is 2.76 bits per heavy atom. The quantitative estimate of drug-likeness (QED) is 0.231. The summed E-state index contributed by atoms with van der Waals surface area (Å²) in [5, 5.41) is 32.9. The van der Waals surface area contributed by atoms with Crippen LogP contribution in [0.2, 0.25) is 0 Å². The van der Waals surface area contributed by atoms with Crippen molar-refractivity contribution in [3.05, 3.63) is 47.7 Å². The SMILES string of the molecule is CC(C)(C=C(C#N)C(=O)N1CCCC[C@@H]1COC(=O)NC(Cc1coc2ccccc12)B(O)O)N1CCCC(F)(F)C1. The summed E-state index contributed by atoms with van der Waals surface area (Å²) < 4.78 is 39.0. The molecule has 1 unspecified atom stereocenters. The molecule has 0 spiro atoms. The van der Waals surface area contributed by atoms with Crippen molar-refractivity contribution in [2.75, 3.05) is 26.2 Å². The third-order valence-corrected chi connectivity index (χ3v) is 8.02. The lowest BCUT2D eigenvalue weighted by Crippen LogP contribution is -2.53. The Kier molecular flexibility index (Phi) is 9.91. The van der Waals surface area contributed by atoms with Crippen molar-refractivity contribution in [1.82, 2.24) is 15.1 Å². The summed E-state index contributed by atoms with van der Waals surface area (Å²) in [6, 6.07) is 8.68. The Balaban J connectivity index is 1.39. The van der Waals surface area contributed by atoms with Crippen LogP contribution in [0.15, 0.2) is 46.6 Å². The van der Waals surface area contributed by atoms with E-state index in [2.05, 4.69) is 5.32 Å². The number of fused-ring (bicyclic) bond motifs is 1. The molecule has 226 valence electrons. The molecule has 2 fully saturated rings. The number of piperidine rings is 2. The number of halogens is 2. The summed E-state index contributed by atoms with van der Waals surface area (Å²) in [5.74, 6) is -4.45. The van der Waals surface area contributed by atoms with E-state index < -0.39 is 49.1 Å². The normalized spacial score (nSPS) is 20.5. The Morgan fingerprint density at radius 1 is 1.29 bits per heavy atom. The first-order valence-electron chi connectivity index (χ1n) is 14.2. The van der Waals surface area contributed by atoms with E-state index in [9.17, 15) is 33.7 Å². The van der Waals surface area contributed by atoms with Gasteiger partial charge in [0.05, 0.1) is 24.8 Å². The van der Waals surface area contributed by atoms with Crippen LogP contribution >= 0.6 is 0 Å². The average molecular weight is 586 g/mol. The minimum Gasteiger partial charge on any atom is -0.464 e. The molecule has 2 aliphatic heterocycles. The van der Waals surface area contributed by atoms with Gasteiger partial charge in [0, 0.05) is 23.9 Å². The molecule has 10 nitrogen and oxygen atoms in total. The maximum Gasteiger partial charge on any atom is 0.475 e. The van der Waals surface area contributed by atoms with Gasteiger partial charge < -0.3 is 29.4 Å². The standard InChI is InChI=1S/C29H37BF2N4O6/c1-28(2,35-12-7-11-29(31,32)19-35)15-21(16-33)26(37)36-13-6-5-8-22(36)18-42-27(38)34-25(30(39)40)14-20-17-41-24-10-4-3-9-23(20)24/h3-4,9-10,15,17,22,25,39-40H,5-8,11-14,18-19H2,1-2H3,(H,34,38)/t22-,25?/m1/s1. The zero-order valence-corrected chi connectivity index (χ0v) is 23.9. The number of alkyl halides is 2. The molecule has 2 atom stereocenters. The van der Waals surface area contributed by atoms with E-state index in [1.807, 2.05) is 24.3 Å². The van der Waals surface area contributed by atoms with E-state index >= 15 is 0 Å². The van der Waals surface area contributed by atoms with E-state index in [-0.39, 0.29) is 25.0 Å². The molecule has 3 heterocycles. The summed E-state index contributed by atoms with van der Waals surface area (Å²) in [6.45, 7) is 3.58. The maximum atomic E-state index is 14.1. The van der Waals surface area contributed by atoms with Gasteiger partial charge in [-0.15, -0.1) is 0 Å². The van der Waals surface area contributed by atoms with Crippen molar-refractivity contribution in [3.63, 3.8) is 0 Å². The highest BCUT2D eigenvalue weighted by molar-refractivity contribution is 6.43. The third kappa shape index (κ3) is 7.67. The summed E-state index contributed by atoms with van der Waals surface area (Å²) in [6.07, 6.45) is 4.29. The van der Waals surface area contributed by atoms with Gasteiger partial charge in [-0.3, -0.25) is 9.69 Å². The smallest absolute Gasteiger partial charge is 0.464 e. The number of alkyl carbamates (subject to hydrolysis) is 1.